The fourth-order valence-corrected chi connectivity index (χ4v) is 2.06. The average Bonchev–Trinajstić information content (AvgIpc) is 2.65. The topological polar surface area (TPSA) is 142 Å². The first kappa shape index (κ1) is 19.2. The van der Waals surface area contributed by atoms with E-state index in [0.29, 0.717) is 0 Å². The van der Waals surface area contributed by atoms with Crippen LogP contribution in [0.1, 0.15) is 5.56 Å². The van der Waals surface area contributed by atoms with Crippen molar-refractivity contribution in [3.05, 3.63) is 80.4 Å². The van der Waals surface area contributed by atoms with Crippen LogP contribution in [-0.2, 0) is 14.3 Å². The number of nitrogens with zero attached hydrogens (tertiary/aromatic N) is 2. The van der Waals surface area contributed by atoms with Crippen LogP contribution in [0.4, 0.5) is 17.1 Å². The van der Waals surface area contributed by atoms with Gasteiger partial charge in [-0.05, 0) is 18.2 Å². The van der Waals surface area contributed by atoms with Crippen LogP contribution >= 0.6 is 0 Å². The van der Waals surface area contributed by atoms with Gasteiger partial charge in [0.2, 0.25) is 0 Å². The summed E-state index contributed by atoms with van der Waals surface area (Å²) in [4.78, 5) is 44.0. The van der Waals surface area contributed by atoms with Gasteiger partial charge in [0.25, 0.3) is 17.3 Å². The minimum atomic E-state index is -0.897. The van der Waals surface area contributed by atoms with Crippen LogP contribution in [0.5, 0.6) is 0 Å². The van der Waals surface area contributed by atoms with Crippen molar-refractivity contribution >= 4 is 35.0 Å². The van der Waals surface area contributed by atoms with Crippen molar-refractivity contribution in [1.82, 2.24) is 0 Å². The highest BCUT2D eigenvalue weighted by Gasteiger charge is 2.15. The Labute approximate surface area is 152 Å². The monoisotopic (exact) mass is 371 g/mol. The summed E-state index contributed by atoms with van der Waals surface area (Å²) in [6.45, 7) is -0.674. The number of carbonyl (C=O) groups is 2. The van der Waals surface area contributed by atoms with E-state index in [4.69, 9.17) is 4.74 Å². The molecule has 10 nitrogen and oxygen atoms in total. The number of hydrogen-bond donors (Lipinski definition) is 1. The van der Waals surface area contributed by atoms with Crippen molar-refractivity contribution in [3.8, 4) is 0 Å². The molecule has 2 rings (SSSR count). The molecule has 138 valence electrons. The number of para-hydroxylation sites is 3. The molecule has 0 spiro atoms. The lowest BCUT2D eigenvalue weighted by Crippen LogP contribution is -2.20. The van der Waals surface area contributed by atoms with E-state index in [1.165, 1.54) is 48.5 Å². The summed E-state index contributed by atoms with van der Waals surface area (Å²) < 4.78 is 4.72. The Balaban J connectivity index is 1.93. The zero-order chi connectivity index (χ0) is 19.8. The van der Waals surface area contributed by atoms with Gasteiger partial charge in [-0.25, -0.2) is 4.79 Å². The van der Waals surface area contributed by atoms with Gasteiger partial charge >= 0.3 is 5.97 Å². The molecular formula is C17H13N3O7. The summed E-state index contributed by atoms with van der Waals surface area (Å²) in [6, 6.07) is 11.3. The van der Waals surface area contributed by atoms with Gasteiger partial charge < -0.3 is 10.1 Å². The van der Waals surface area contributed by atoms with Gasteiger partial charge in [0.15, 0.2) is 6.61 Å². The third kappa shape index (κ3) is 5.46. The minimum absolute atomic E-state index is 0.0287. The number of amides is 1. The summed E-state index contributed by atoms with van der Waals surface area (Å²) >= 11 is 0. The molecule has 0 saturated heterocycles. The largest absolute Gasteiger partial charge is 0.452 e. The number of benzene rings is 2. The summed E-state index contributed by atoms with van der Waals surface area (Å²) in [6.07, 6.45) is 2.14. The van der Waals surface area contributed by atoms with Crippen molar-refractivity contribution in [2.24, 2.45) is 0 Å². The van der Waals surface area contributed by atoms with Gasteiger partial charge in [0, 0.05) is 18.2 Å². The van der Waals surface area contributed by atoms with Crippen LogP contribution in [0.15, 0.2) is 54.6 Å². The number of anilines is 1. The Morgan fingerprint density at radius 3 is 2.22 bits per heavy atom. The van der Waals surface area contributed by atoms with E-state index in [1.54, 1.807) is 6.07 Å². The van der Waals surface area contributed by atoms with E-state index in [-0.39, 0.29) is 22.6 Å². The molecule has 0 aliphatic carbocycles. The second kappa shape index (κ2) is 8.85. The lowest BCUT2D eigenvalue weighted by molar-refractivity contribution is -0.385. The van der Waals surface area contributed by atoms with Gasteiger partial charge in [0.05, 0.1) is 15.4 Å². The molecule has 0 atom stereocenters. The van der Waals surface area contributed by atoms with Crippen LogP contribution in [0.2, 0.25) is 0 Å². The molecule has 0 heterocycles. The number of rotatable bonds is 7. The van der Waals surface area contributed by atoms with Gasteiger partial charge in [-0.15, -0.1) is 0 Å². The molecule has 0 bridgehead atoms. The summed E-state index contributed by atoms with van der Waals surface area (Å²) in [5, 5.41) is 24.0. The molecule has 27 heavy (non-hydrogen) atoms. The fourth-order valence-electron chi connectivity index (χ4n) is 2.06. The van der Waals surface area contributed by atoms with Crippen LogP contribution in [-0.4, -0.2) is 28.3 Å². The number of carbonyl (C=O) groups excluding carboxylic acids is 2. The smallest absolute Gasteiger partial charge is 0.331 e. The van der Waals surface area contributed by atoms with Gasteiger partial charge in [-0.1, -0.05) is 24.3 Å². The number of ether oxygens (including phenoxy) is 1. The normalized spacial score (nSPS) is 10.4. The Hall–Kier alpha value is -4.08. The SMILES string of the molecule is O=C(COC(=O)C=Cc1ccccc1[N+](=O)[O-])Nc1ccccc1[N+](=O)[O-]. The summed E-state index contributed by atoms with van der Waals surface area (Å²) in [5.41, 5.74) is -0.313. The third-order valence-electron chi connectivity index (χ3n) is 3.25. The van der Waals surface area contributed by atoms with E-state index in [0.717, 1.165) is 6.08 Å². The first-order chi connectivity index (χ1) is 12.9. The lowest BCUT2D eigenvalue weighted by Gasteiger charge is -2.05. The van der Waals surface area contributed by atoms with Crippen molar-refractivity contribution in [2.75, 3.05) is 11.9 Å². The van der Waals surface area contributed by atoms with Crippen LogP contribution in [0.3, 0.4) is 0 Å². The van der Waals surface area contributed by atoms with Crippen molar-refractivity contribution in [2.45, 2.75) is 0 Å². The predicted molar refractivity (Wildman–Crippen MR) is 94.8 cm³/mol. The highest BCUT2D eigenvalue weighted by molar-refractivity contribution is 5.96. The van der Waals surface area contributed by atoms with Gasteiger partial charge in [-0.2, -0.15) is 0 Å². The molecule has 2 aromatic carbocycles. The van der Waals surface area contributed by atoms with E-state index in [2.05, 4.69) is 5.32 Å². The third-order valence-corrected chi connectivity index (χ3v) is 3.25. The number of nitro groups is 2. The van der Waals surface area contributed by atoms with Gasteiger partial charge in [0.1, 0.15) is 5.69 Å². The summed E-state index contributed by atoms with van der Waals surface area (Å²) in [7, 11) is 0. The highest BCUT2D eigenvalue weighted by atomic mass is 16.6. The molecule has 10 heteroatoms. The fraction of sp³-hybridized carbons (Fsp3) is 0.0588. The van der Waals surface area contributed by atoms with Crippen molar-refractivity contribution in [1.29, 1.82) is 0 Å². The standard InChI is InChI=1S/C17H13N3O7/c21-16(18-13-6-2-4-8-15(13)20(25)26)11-27-17(22)10-9-12-5-1-3-7-14(12)19(23)24/h1-10H,11H2,(H,18,21). The molecule has 0 fully saturated rings. The van der Waals surface area contributed by atoms with Crippen LogP contribution < -0.4 is 5.32 Å². The molecule has 1 amide bonds. The minimum Gasteiger partial charge on any atom is -0.452 e. The molecule has 0 aromatic heterocycles. The maximum absolute atomic E-state index is 11.8. The van der Waals surface area contributed by atoms with Crippen molar-refractivity contribution in [3.63, 3.8) is 0 Å². The second-order valence-corrected chi connectivity index (χ2v) is 5.08. The molecule has 0 aliphatic heterocycles. The first-order valence-corrected chi connectivity index (χ1v) is 7.50. The highest BCUT2D eigenvalue weighted by Crippen LogP contribution is 2.23. The Morgan fingerprint density at radius 2 is 1.56 bits per heavy atom. The maximum Gasteiger partial charge on any atom is 0.331 e. The van der Waals surface area contributed by atoms with Crippen LogP contribution in [0, 0.1) is 20.2 Å². The summed E-state index contributed by atoms with van der Waals surface area (Å²) in [5.74, 6) is -1.66. The average molecular weight is 371 g/mol. The number of nitro benzene ring substituents is 2. The Kier molecular flexibility index (Phi) is 6.31. The van der Waals surface area contributed by atoms with E-state index < -0.39 is 28.3 Å². The molecule has 0 saturated carbocycles. The second-order valence-electron chi connectivity index (χ2n) is 5.08. The predicted octanol–water partition coefficient (Wildman–Crippen LogP) is 2.70. The van der Waals surface area contributed by atoms with E-state index in [1.807, 2.05) is 0 Å². The number of hydrogen-bond acceptors (Lipinski definition) is 7. The Bertz CT molecular complexity index is 924. The van der Waals surface area contributed by atoms with E-state index in [9.17, 15) is 29.8 Å². The Morgan fingerprint density at radius 1 is 0.963 bits per heavy atom. The first-order valence-electron chi connectivity index (χ1n) is 7.50. The number of esters is 1. The zero-order valence-corrected chi connectivity index (χ0v) is 13.7. The molecule has 0 unspecified atom stereocenters. The lowest BCUT2D eigenvalue weighted by atomic mass is 10.1. The zero-order valence-electron chi connectivity index (χ0n) is 13.7. The number of nitrogens with one attached hydrogen (secondary N) is 1. The molecular weight excluding hydrogens is 358 g/mol. The molecule has 1 N–H and O–H groups in total. The van der Waals surface area contributed by atoms with Gasteiger partial charge in [-0.3, -0.25) is 25.0 Å². The molecule has 0 radical (unpaired) electrons. The molecule has 2 aromatic rings. The van der Waals surface area contributed by atoms with Crippen molar-refractivity contribution < 1.29 is 24.2 Å². The van der Waals surface area contributed by atoms with E-state index >= 15 is 0 Å². The maximum atomic E-state index is 11.8. The molecule has 0 aliphatic rings. The quantitative estimate of drug-likeness (QED) is 0.341. The van der Waals surface area contributed by atoms with Crippen LogP contribution in [0.25, 0.3) is 6.08 Å².